The SMILES string of the molecule is NC1CNCC(F)C1N1CCN2C(=O)OC[C@H]2C1. The molecule has 4 atom stereocenters. The van der Waals surface area contributed by atoms with Crippen LogP contribution in [0.1, 0.15) is 0 Å². The van der Waals surface area contributed by atoms with Crippen LogP contribution in [0.4, 0.5) is 9.18 Å². The van der Waals surface area contributed by atoms with E-state index in [-0.39, 0.29) is 24.2 Å². The average molecular weight is 258 g/mol. The second-order valence-electron chi connectivity index (χ2n) is 5.25. The topological polar surface area (TPSA) is 70.8 Å². The molecule has 0 aromatic carbocycles. The second-order valence-corrected chi connectivity index (χ2v) is 5.25. The molecule has 3 saturated heterocycles. The third-order valence-corrected chi connectivity index (χ3v) is 4.10. The van der Waals surface area contributed by atoms with Crippen molar-refractivity contribution < 1.29 is 13.9 Å². The van der Waals surface area contributed by atoms with Crippen molar-refractivity contribution in [3.05, 3.63) is 0 Å². The van der Waals surface area contributed by atoms with E-state index in [4.69, 9.17) is 10.5 Å². The zero-order valence-corrected chi connectivity index (χ0v) is 10.2. The number of hydrogen-bond donors (Lipinski definition) is 2. The van der Waals surface area contributed by atoms with Crippen molar-refractivity contribution >= 4 is 6.09 Å². The first-order valence-corrected chi connectivity index (χ1v) is 6.44. The monoisotopic (exact) mass is 258 g/mol. The maximum Gasteiger partial charge on any atom is 0.410 e. The first-order valence-electron chi connectivity index (χ1n) is 6.44. The molecular weight excluding hydrogens is 239 g/mol. The van der Waals surface area contributed by atoms with Crippen LogP contribution in [-0.2, 0) is 4.74 Å². The van der Waals surface area contributed by atoms with Crippen molar-refractivity contribution in [3.63, 3.8) is 0 Å². The molecule has 3 heterocycles. The molecule has 3 aliphatic heterocycles. The summed E-state index contributed by atoms with van der Waals surface area (Å²) in [6.45, 7) is 3.35. The maximum atomic E-state index is 14.0. The van der Waals surface area contributed by atoms with Crippen LogP contribution in [0.3, 0.4) is 0 Å². The lowest BCUT2D eigenvalue weighted by molar-refractivity contribution is 0.0260. The Morgan fingerprint density at radius 2 is 2.22 bits per heavy atom. The third kappa shape index (κ3) is 1.96. The van der Waals surface area contributed by atoms with Crippen LogP contribution in [0.5, 0.6) is 0 Å². The fourth-order valence-electron chi connectivity index (χ4n) is 3.18. The lowest BCUT2D eigenvalue weighted by Gasteiger charge is -2.45. The van der Waals surface area contributed by atoms with Crippen molar-refractivity contribution in [2.24, 2.45) is 5.73 Å². The van der Waals surface area contributed by atoms with Gasteiger partial charge in [-0.15, -0.1) is 0 Å². The van der Waals surface area contributed by atoms with E-state index in [0.717, 1.165) is 0 Å². The number of nitrogens with one attached hydrogen (secondary N) is 1. The average Bonchev–Trinajstić information content (AvgIpc) is 2.71. The minimum absolute atomic E-state index is 0.0561. The van der Waals surface area contributed by atoms with E-state index in [0.29, 0.717) is 39.3 Å². The minimum atomic E-state index is -0.946. The van der Waals surface area contributed by atoms with E-state index >= 15 is 0 Å². The van der Waals surface area contributed by atoms with Gasteiger partial charge in [-0.1, -0.05) is 0 Å². The fraction of sp³-hybridized carbons (Fsp3) is 0.909. The molecule has 3 fully saturated rings. The Morgan fingerprint density at radius 3 is 3.00 bits per heavy atom. The molecule has 0 aromatic heterocycles. The molecule has 7 heteroatoms. The van der Waals surface area contributed by atoms with E-state index in [1.807, 2.05) is 0 Å². The van der Waals surface area contributed by atoms with Gasteiger partial charge in [-0.3, -0.25) is 9.80 Å². The van der Waals surface area contributed by atoms with Crippen molar-refractivity contribution in [2.75, 3.05) is 39.3 Å². The Balaban J connectivity index is 1.68. The zero-order chi connectivity index (χ0) is 12.7. The largest absolute Gasteiger partial charge is 0.447 e. The Morgan fingerprint density at radius 1 is 1.39 bits per heavy atom. The molecule has 3 N–H and O–H groups in total. The minimum Gasteiger partial charge on any atom is -0.447 e. The molecule has 1 amide bonds. The van der Waals surface area contributed by atoms with Gasteiger partial charge in [0.25, 0.3) is 0 Å². The number of nitrogens with zero attached hydrogens (tertiary/aromatic N) is 2. The van der Waals surface area contributed by atoms with Crippen LogP contribution in [0.2, 0.25) is 0 Å². The number of rotatable bonds is 1. The number of carbonyl (C=O) groups excluding carboxylic acids is 1. The number of alkyl halides is 1. The van der Waals surface area contributed by atoms with Crippen LogP contribution < -0.4 is 11.1 Å². The van der Waals surface area contributed by atoms with Crippen LogP contribution in [0.25, 0.3) is 0 Å². The summed E-state index contributed by atoms with van der Waals surface area (Å²) in [5.74, 6) is 0. The van der Waals surface area contributed by atoms with Gasteiger partial charge in [0.1, 0.15) is 12.8 Å². The fourth-order valence-corrected chi connectivity index (χ4v) is 3.18. The summed E-state index contributed by atoms with van der Waals surface area (Å²) in [5.41, 5.74) is 6.01. The normalized spacial score (nSPS) is 41.7. The van der Waals surface area contributed by atoms with Gasteiger partial charge in [0.2, 0.25) is 0 Å². The van der Waals surface area contributed by atoms with Gasteiger partial charge in [-0.2, -0.15) is 0 Å². The van der Waals surface area contributed by atoms with E-state index in [2.05, 4.69) is 10.2 Å². The van der Waals surface area contributed by atoms with Gasteiger partial charge in [-0.05, 0) is 0 Å². The highest BCUT2D eigenvalue weighted by molar-refractivity contribution is 5.70. The van der Waals surface area contributed by atoms with E-state index < -0.39 is 6.17 Å². The standard InChI is InChI=1S/C11H19FN4O2/c12-8-3-14-4-9(13)10(8)15-1-2-16-7(5-15)6-18-11(16)17/h7-10,14H,1-6,13H2/t7-,8?,9?,10?/m1/s1. The maximum absolute atomic E-state index is 14.0. The molecular formula is C11H19FN4O2. The molecule has 0 radical (unpaired) electrons. The summed E-state index contributed by atoms with van der Waals surface area (Å²) in [4.78, 5) is 15.2. The number of piperazine rings is 1. The van der Waals surface area contributed by atoms with Gasteiger partial charge < -0.3 is 15.8 Å². The van der Waals surface area contributed by atoms with Crippen LogP contribution >= 0.6 is 0 Å². The molecule has 18 heavy (non-hydrogen) atoms. The van der Waals surface area contributed by atoms with Gasteiger partial charge in [0.05, 0.1) is 12.1 Å². The first-order chi connectivity index (χ1) is 8.66. The van der Waals surface area contributed by atoms with Crippen LogP contribution in [0, 0.1) is 0 Å². The van der Waals surface area contributed by atoms with Crippen molar-refractivity contribution in [1.82, 2.24) is 15.1 Å². The number of nitrogens with two attached hydrogens (primary N) is 1. The molecule has 3 unspecified atom stereocenters. The van der Waals surface area contributed by atoms with Crippen LogP contribution in [0.15, 0.2) is 0 Å². The van der Waals surface area contributed by atoms with Gasteiger partial charge in [0.15, 0.2) is 0 Å². The quantitative estimate of drug-likeness (QED) is 0.615. The molecule has 3 rings (SSSR count). The number of halogens is 1. The van der Waals surface area contributed by atoms with E-state index in [9.17, 15) is 9.18 Å². The lowest BCUT2D eigenvalue weighted by Crippen LogP contribution is -2.66. The molecule has 0 bridgehead atoms. The number of amides is 1. The Kier molecular flexibility index (Phi) is 3.13. The van der Waals surface area contributed by atoms with E-state index in [1.165, 1.54) is 0 Å². The Bertz CT molecular complexity index is 333. The second kappa shape index (κ2) is 4.64. The molecule has 102 valence electrons. The number of cyclic esters (lactones) is 1. The first kappa shape index (κ1) is 12.1. The molecule has 0 saturated carbocycles. The molecule has 0 aliphatic carbocycles. The summed E-state index contributed by atoms with van der Waals surface area (Å²) in [6, 6.07) is -0.386. The van der Waals surface area contributed by atoms with E-state index in [1.54, 1.807) is 4.90 Å². The van der Waals surface area contributed by atoms with Gasteiger partial charge >= 0.3 is 6.09 Å². The Hall–Kier alpha value is -0.920. The highest BCUT2D eigenvalue weighted by Crippen LogP contribution is 2.23. The smallest absolute Gasteiger partial charge is 0.410 e. The van der Waals surface area contributed by atoms with Crippen molar-refractivity contribution in [3.8, 4) is 0 Å². The summed E-state index contributed by atoms with van der Waals surface area (Å²) < 4.78 is 19.0. The van der Waals surface area contributed by atoms with Gasteiger partial charge in [-0.25, -0.2) is 9.18 Å². The predicted molar refractivity (Wildman–Crippen MR) is 62.9 cm³/mol. The number of piperidine rings is 1. The number of carbonyl (C=O) groups is 1. The lowest BCUT2D eigenvalue weighted by atomic mass is 9.96. The van der Waals surface area contributed by atoms with Crippen LogP contribution in [-0.4, -0.2) is 79.5 Å². The number of fused-ring (bicyclic) bond motifs is 1. The summed E-state index contributed by atoms with van der Waals surface area (Å²) >= 11 is 0. The van der Waals surface area contributed by atoms with Crippen molar-refractivity contribution in [2.45, 2.75) is 24.3 Å². The number of hydrogen-bond acceptors (Lipinski definition) is 5. The highest BCUT2D eigenvalue weighted by Gasteiger charge is 2.43. The highest BCUT2D eigenvalue weighted by atomic mass is 19.1. The number of ether oxygens (including phenoxy) is 1. The summed E-state index contributed by atoms with van der Waals surface area (Å²) in [6.07, 6.45) is -1.19. The third-order valence-electron chi connectivity index (χ3n) is 4.10. The zero-order valence-electron chi connectivity index (χ0n) is 10.2. The predicted octanol–water partition coefficient (Wildman–Crippen LogP) is -1.24. The molecule has 3 aliphatic rings. The molecule has 6 nitrogen and oxygen atoms in total. The summed E-state index contributed by atoms with van der Waals surface area (Å²) in [7, 11) is 0. The Labute approximate surface area is 105 Å². The molecule has 0 spiro atoms. The van der Waals surface area contributed by atoms with Gasteiger partial charge in [0, 0.05) is 38.8 Å². The summed E-state index contributed by atoms with van der Waals surface area (Å²) in [5, 5.41) is 2.99. The van der Waals surface area contributed by atoms with Crippen molar-refractivity contribution in [1.29, 1.82) is 0 Å². The molecule has 0 aromatic rings.